The number of amides is 2. The lowest BCUT2D eigenvalue weighted by Crippen LogP contribution is -2.50. The Morgan fingerprint density at radius 2 is 1.72 bits per heavy atom. The zero-order valence-electron chi connectivity index (χ0n) is 17.7. The maximum Gasteiger partial charge on any atom is 0.261 e. The van der Waals surface area contributed by atoms with Crippen molar-refractivity contribution in [3.63, 3.8) is 0 Å². The second kappa shape index (κ2) is 10.4. The molecule has 156 valence electrons. The van der Waals surface area contributed by atoms with Gasteiger partial charge >= 0.3 is 0 Å². The van der Waals surface area contributed by atoms with Crippen molar-refractivity contribution < 1.29 is 14.3 Å². The summed E-state index contributed by atoms with van der Waals surface area (Å²) in [7, 11) is 0. The second-order valence-corrected chi connectivity index (χ2v) is 8.40. The van der Waals surface area contributed by atoms with E-state index in [4.69, 9.17) is 4.74 Å². The van der Waals surface area contributed by atoms with Crippen molar-refractivity contribution in [1.29, 1.82) is 0 Å². The van der Waals surface area contributed by atoms with E-state index in [1.165, 1.54) is 0 Å². The molecule has 0 saturated heterocycles. The van der Waals surface area contributed by atoms with Crippen LogP contribution in [0.2, 0.25) is 0 Å². The van der Waals surface area contributed by atoms with Gasteiger partial charge in [-0.1, -0.05) is 45.8 Å². The SMILES string of the molecule is Cc1ccc(CN(C(=O)COc2ccc(Br)c(C)c2)C(C)C(=O)NC(C)C)cc1. The first-order valence-electron chi connectivity index (χ1n) is 9.71. The maximum absolute atomic E-state index is 13.0. The van der Waals surface area contributed by atoms with Gasteiger partial charge in [0.05, 0.1) is 0 Å². The Morgan fingerprint density at radius 3 is 2.31 bits per heavy atom. The lowest BCUT2D eigenvalue weighted by atomic mass is 10.1. The number of carbonyl (C=O) groups excluding carboxylic acids is 2. The monoisotopic (exact) mass is 460 g/mol. The third kappa shape index (κ3) is 6.89. The summed E-state index contributed by atoms with van der Waals surface area (Å²) in [6.45, 7) is 9.72. The number of carbonyl (C=O) groups is 2. The molecule has 0 bridgehead atoms. The highest BCUT2D eigenvalue weighted by Crippen LogP contribution is 2.22. The standard InChI is InChI=1S/C23H29BrN2O3/c1-15(2)25-23(28)18(5)26(13-19-8-6-16(3)7-9-19)22(27)14-29-20-10-11-21(24)17(4)12-20/h6-12,15,18H,13-14H2,1-5H3,(H,25,28). The van der Waals surface area contributed by atoms with Gasteiger partial charge in [-0.2, -0.15) is 0 Å². The number of hydrogen-bond donors (Lipinski definition) is 1. The van der Waals surface area contributed by atoms with Crippen LogP contribution in [0.5, 0.6) is 5.75 Å². The highest BCUT2D eigenvalue weighted by atomic mass is 79.9. The fourth-order valence-corrected chi connectivity index (χ4v) is 3.06. The number of ether oxygens (including phenoxy) is 1. The summed E-state index contributed by atoms with van der Waals surface area (Å²) >= 11 is 3.45. The zero-order chi connectivity index (χ0) is 21.6. The average Bonchev–Trinajstić information content (AvgIpc) is 2.67. The zero-order valence-corrected chi connectivity index (χ0v) is 19.2. The molecule has 2 aromatic carbocycles. The average molecular weight is 461 g/mol. The van der Waals surface area contributed by atoms with E-state index in [-0.39, 0.29) is 24.5 Å². The minimum absolute atomic E-state index is 0.00303. The van der Waals surface area contributed by atoms with Crippen LogP contribution in [0.4, 0.5) is 0 Å². The number of hydrogen-bond acceptors (Lipinski definition) is 3. The van der Waals surface area contributed by atoms with Gasteiger partial charge in [0.25, 0.3) is 5.91 Å². The Hall–Kier alpha value is -2.34. The molecule has 29 heavy (non-hydrogen) atoms. The molecule has 5 nitrogen and oxygen atoms in total. The molecule has 0 aliphatic heterocycles. The first-order chi connectivity index (χ1) is 13.7. The molecule has 0 aliphatic carbocycles. The van der Waals surface area contributed by atoms with Crippen LogP contribution in [0.15, 0.2) is 46.9 Å². The molecule has 0 saturated carbocycles. The van der Waals surface area contributed by atoms with Gasteiger partial charge in [0, 0.05) is 17.1 Å². The van der Waals surface area contributed by atoms with E-state index in [1.807, 2.05) is 70.2 Å². The molecule has 6 heteroatoms. The summed E-state index contributed by atoms with van der Waals surface area (Å²) in [6, 6.07) is 12.9. The number of benzene rings is 2. The van der Waals surface area contributed by atoms with Crippen molar-refractivity contribution in [2.24, 2.45) is 0 Å². The molecule has 2 aromatic rings. The molecule has 0 spiro atoms. The molecule has 2 amide bonds. The van der Waals surface area contributed by atoms with Crippen LogP contribution < -0.4 is 10.1 Å². The van der Waals surface area contributed by atoms with Crippen molar-refractivity contribution in [2.45, 2.75) is 53.2 Å². The van der Waals surface area contributed by atoms with Crippen molar-refractivity contribution in [2.75, 3.05) is 6.61 Å². The minimum Gasteiger partial charge on any atom is -0.484 e. The summed E-state index contributed by atoms with van der Waals surface area (Å²) in [5, 5.41) is 2.88. The highest BCUT2D eigenvalue weighted by Gasteiger charge is 2.26. The van der Waals surface area contributed by atoms with Crippen molar-refractivity contribution >= 4 is 27.7 Å². The maximum atomic E-state index is 13.0. The summed E-state index contributed by atoms with van der Waals surface area (Å²) < 4.78 is 6.69. The normalized spacial score (nSPS) is 11.8. The highest BCUT2D eigenvalue weighted by molar-refractivity contribution is 9.10. The van der Waals surface area contributed by atoms with Gasteiger partial charge in [-0.25, -0.2) is 0 Å². The van der Waals surface area contributed by atoms with E-state index in [0.29, 0.717) is 12.3 Å². The molecule has 0 aliphatic rings. The smallest absolute Gasteiger partial charge is 0.261 e. The minimum atomic E-state index is -0.610. The van der Waals surface area contributed by atoms with Crippen LogP contribution in [0.25, 0.3) is 0 Å². The Labute approximate surface area is 181 Å². The first-order valence-corrected chi connectivity index (χ1v) is 10.5. The van der Waals surface area contributed by atoms with Gasteiger partial charge in [-0.3, -0.25) is 9.59 Å². The summed E-state index contributed by atoms with van der Waals surface area (Å²) in [6.07, 6.45) is 0. The fraction of sp³-hybridized carbons (Fsp3) is 0.391. The molecule has 1 unspecified atom stereocenters. The number of nitrogens with one attached hydrogen (secondary N) is 1. The van der Waals surface area contributed by atoms with E-state index in [2.05, 4.69) is 21.2 Å². The number of nitrogens with zero attached hydrogens (tertiary/aromatic N) is 1. The van der Waals surface area contributed by atoms with Gasteiger partial charge in [0.2, 0.25) is 5.91 Å². The number of aryl methyl sites for hydroxylation is 2. The van der Waals surface area contributed by atoms with Crippen LogP contribution in [-0.4, -0.2) is 35.4 Å². The van der Waals surface area contributed by atoms with Crippen LogP contribution in [0.3, 0.4) is 0 Å². The summed E-state index contributed by atoms with van der Waals surface area (Å²) in [5.74, 6) is 0.200. The third-order valence-corrected chi connectivity index (χ3v) is 5.45. The van der Waals surface area contributed by atoms with E-state index in [1.54, 1.807) is 11.8 Å². The lowest BCUT2D eigenvalue weighted by Gasteiger charge is -2.29. The lowest BCUT2D eigenvalue weighted by molar-refractivity contribution is -0.142. The summed E-state index contributed by atoms with van der Waals surface area (Å²) in [4.78, 5) is 27.1. The Morgan fingerprint density at radius 1 is 1.07 bits per heavy atom. The molecule has 0 fully saturated rings. The van der Waals surface area contributed by atoms with E-state index < -0.39 is 6.04 Å². The van der Waals surface area contributed by atoms with Crippen LogP contribution in [-0.2, 0) is 16.1 Å². The van der Waals surface area contributed by atoms with Gasteiger partial charge in [-0.05, 0) is 63.9 Å². The van der Waals surface area contributed by atoms with Crippen LogP contribution in [0.1, 0.15) is 37.5 Å². The van der Waals surface area contributed by atoms with Gasteiger partial charge in [0.1, 0.15) is 11.8 Å². The molecular weight excluding hydrogens is 432 g/mol. The van der Waals surface area contributed by atoms with Crippen LogP contribution in [0, 0.1) is 13.8 Å². The van der Waals surface area contributed by atoms with Crippen molar-refractivity contribution in [1.82, 2.24) is 10.2 Å². The number of rotatable bonds is 8. The quantitative estimate of drug-likeness (QED) is 0.635. The first kappa shape index (κ1) is 22.9. The molecule has 1 N–H and O–H groups in total. The molecule has 2 rings (SSSR count). The molecular formula is C23H29BrN2O3. The van der Waals surface area contributed by atoms with E-state index in [0.717, 1.165) is 21.2 Å². The predicted octanol–water partition coefficient (Wildman–Crippen LogP) is 4.39. The van der Waals surface area contributed by atoms with Crippen LogP contribution >= 0.6 is 15.9 Å². The Bertz CT molecular complexity index is 850. The Kier molecular flexibility index (Phi) is 8.26. The Balaban J connectivity index is 2.15. The molecule has 0 heterocycles. The van der Waals surface area contributed by atoms with Gasteiger partial charge in [0.15, 0.2) is 6.61 Å². The fourth-order valence-electron chi connectivity index (χ4n) is 2.81. The third-order valence-electron chi connectivity index (χ3n) is 4.56. The largest absolute Gasteiger partial charge is 0.484 e. The molecule has 0 aromatic heterocycles. The van der Waals surface area contributed by atoms with Crippen molar-refractivity contribution in [3.05, 3.63) is 63.6 Å². The van der Waals surface area contributed by atoms with Crippen molar-refractivity contribution in [3.8, 4) is 5.75 Å². The number of halogens is 1. The molecule has 0 radical (unpaired) electrons. The van der Waals surface area contributed by atoms with Gasteiger partial charge < -0.3 is 15.0 Å². The summed E-state index contributed by atoms with van der Waals surface area (Å²) in [5.41, 5.74) is 3.13. The predicted molar refractivity (Wildman–Crippen MR) is 119 cm³/mol. The second-order valence-electron chi connectivity index (χ2n) is 7.55. The molecule has 1 atom stereocenters. The van der Waals surface area contributed by atoms with E-state index in [9.17, 15) is 9.59 Å². The topological polar surface area (TPSA) is 58.6 Å². The van der Waals surface area contributed by atoms with Gasteiger partial charge in [-0.15, -0.1) is 0 Å². The van der Waals surface area contributed by atoms with E-state index >= 15 is 0 Å².